The summed E-state index contributed by atoms with van der Waals surface area (Å²) < 4.78 is 33.4. The minimum Gasteiger partial charge on any atom is -0.494 e. The Bertz CT molecular complexity index is 955. The molecule has 150 valence electrons. The third-order valence-electron chi connectivity index (χ3n) is 4.85. The van der Waals surface area contributed by atoms with Gasteiger partial charge < -0.3 is 9.64 Å². The van der Waals surface area contributed by atoms with Gasteiger partial charge in [0.1, 0.15) is 5.75 Å². The van der Waals surface area contributed by atoms with Gasteiger partial charge in [-0.3, -0.25) is 4.79 Å². The van der Waals surface area contributed by atoms with Crippen molar-refractivity contribution in [1.29, 1.82) is 0 Å². The number of carbonyl (C=O) groups excluding carboxylic acids is 1. The van der Waals surface area contributed by atoms with Crippen LogP contribution in [0.1, 0.15) is 24.5 Å². The summed E-state index contributed by atoms with van der Waals surface area (Å²) >= 11 is 0. The molecule has 2 aromatic carbocycles. The van der Waals surface area contributed by atoms with Gasteiger partial charge in [-0.2, -0.15) is 0 Å². The molecule has 0 spiro atoms. The van der Waals surface area contributed by atoms with Crippen LogP contribution < -0.4 is 14.4 Å². The second-order valence-corrected chi connectivity index (χ2v) is 8.86. The lowest BCUT2D eigenvalue weighted by molar-refractivity contribution is -0.117. The number of amides is 1. The van der Waals surface area contributed by atoms with Crippen molar-refractivity contribution < 1.29 is 17.9 Å². The molecule has 2 aromatic rings. The lowest BCUT2D eigenvalue weighted by Crippen LogP contribution is -2.31. The molecule has 6 nitrogen and oxygen atoms in total. The van der Waals surface area contributed by atoms with Gasteiger partial charge in [0.05, 0.1) is 11.5 Å². The summed E-state index contributed by atoms with van der Waals surface area (Å²) in [6, 6.07) is 12.6. The van der Waals surface area contributed by atoms with Crippen molar-refractivity contribution in [3.63, 3.8) is 0 Å². The van der Waals surface area contributed by atoms with Crippen LogP contribution in [0.5, 0.6) is 5.75 Å². The van der Waals surface area contributed by atoms with Gasteiger partial charge in [-0.15, -0.1) is 0 Å². The van der Waals surface area contributed by atoms with Crippen molar-refractivity contribution in [3.05, 3.63) is 53.6 Å². The fraction of sp³-hybridized carbons (Fsp3) is 0.381. The highest BCUT2D eigenvalue weighted by molar-refractivity contribution is 7.89. The Morgan fingerprint density at radius 2 is 1.86 bits per heavy atom. The number of nitrogens with one attached hydrogen (secondary N) is 1. The molecule has 3 rings (SSSR count). The zero-order valence-corrected chi connectivity index (χ0v) is 17.3. The van der Waals surface area contributed by atoms with E-state index in [0.29, 0.717) is 25.1 Å². The Hall–Kier alpha value is -2.38. The monoisotopic (exact) mass is 402 g/mol. The quantitative estimate of drug-likeness (QED) is 0.772. The lowest BCUT2D eigenvalue weighted by atomic mass is 10.1. The molecule has 0 aliphatic carbocycles. The molecule has 0 unspecified atom stereocenters. The van der Waals surface area contributed by atoms with E-state index in [0.717, 1.165) is 17.0 Å². The number of hydrogen-bond donors (Lipinski definition) is 1. The third-order valence-corrected chi connectivity index (χ3v) is 6.43. The standard InChI is InChI=1S/C21H26N2O4S/c1-4-27-19-8-6-18(7-9-19)23-14-17(12-21(23)24)13-22-28(25,26)20-10-5-15(2)11-16(20)3/h5-11,17,22H,4,12-14H2,1-3H3/t17-/m1/s1. The second kappa shape index (κ2) is 8.32. The molecule has 0 bridgehead atoms. The Morgan fingerprint density at radius 1 is 1.14 bits per heavy atom. The lowest BCUT2D eigenvalue weighted by Gasteiger charge is -2.18. The Kier molecular flexibility index (Phi) is 6.05. The first kappa shape index (κ1) is 20.4. The molecule has 1 heterocycles. The van der Waals surface area contributed by atoms with Gasteiger partial charge in [-0.1, -0.05) is 17.7 Å². The molecule has 1 aliphatic heterocycles. The van der Waals surface area contributed by atoms with Gasteiger partial charge in [-0.05, 0) is 62.6 Å². The Balaban J connectivity index is 1.64. The summed E-state index contributed by atoms with van der Waals surface area (Å²) in [4.78, 5) is 14.4. The zero-order chi connectivity index (χ0) is 20.3. The van der Waals surface area contributed by atoms with Gasteiger partial charge in [0, 0.05) is 25.2 Å². The number of aryl methyl sites for hydroxylation is 2. The topological polar surface area (TPSA) is 75.7 Å². The van der Waals surface area contributed by atoms with Gasteiger partial charge >= 0.3 is 0 Å². The number of nitrogens with zero attached hydrogens (tertiary/aromatic N) is 1. The number of anilines is 1. The predicted molar refractivity (Wildman–Crippen MR) is 109 cm³/mol. The Labute approximate surface area is 166 Å². The molecule has 0 saturated carbocycles. The predicted octanol–water partition coefficient (Wildman–Crippen LogP) is 3.03. The molecule has 1 N–H and O–H groups in total. The molecule has 0 aromatic heterocycles. The van der Waals surface area contributed by atoms with E-state index in [9.17, 15) is 13.2 Å². The van der Waals surface area contributed by atoms with Crippen LogP contribution in [0.15, 0.2) is 47.4 Å². The highest BCUT2D eigenvalue weighted by Gasteiger charge is 2.31. The van der Waals surface area contributed by atoms with Crippen LogP contribution in [-0.4, -0.2) is 34.0 Å². The number of rotatable bonds is 7. The van der Waals surface area contributed by atoms with E-state index in [2.05, 4.69) is 4.72 Å². The molecular weight excluding hydrogens is 376 g/mol. The summed E-state index contributed by atoms with van der Waals surface area (Å²) in [7, 11) is -3.60. The summed E-state index contributed by atoms with van der Waals surface area (Å²) in [6.07, 6.45) is 0.322. The van der Waals surface area contributed by atoms with E-state index < -0.39 is 10.0 Å². The van der Waals surface area contributed by atoms with E-state index in [-0.39, 0.29) is 23.3 Å². The summed E-state index contributed by atoms with van der Waals surface area (Å²) in [5.74, 6) is 0.690. The first-order chi connectivity index (χ1) is 13.3. The highest BCUT2D eigenvalue weighted by atomic mass is 32.2. The van der Waals surface area contributed by atoms with Gasteiger partial charge in [0.2, 0.25) is 15.9 Å². The Morgan fingerprint density at radius 3 is 2.50 bits per heavy atom. The maximum absolute atomic E-state index is 12.6. The van der Waals surface area contributed by atoms with E-state index >= 15 is 0 Å². The average Bonchev–Trinajstić information content (AvgIpc) is 3.01. The first-order valence-electron chi connectivity index (χ1n) is 9.40. The van der Waals surface area contributed by atoms with Crippen molar-refractivity contribution in [2.24, 2.45) is 5.92 Å². The fourth-order valence-corrected chi connectivity index (χ4v) is 4.80. The normalized spacial score (nSPS) is 17.2. The fourth-order valence-electron chi connectivity index (χ4n) is 3.46. The van der Waals surface area contributed by atoms with Crippen LogP contribution in [0.4, 0.5) is 5.69 Å². The number of carbonyl (C=O) groups is 1. The molecule has 0 radical (unpaired) electrons. The number of ether oxygens (including phenoxy) is 1. The van der Waals surface area contributed by atoms with Crippen LogP contribution >= 0.6 is 0 Å². The van der Waals surface area contributed by atoms with Crippen molar-refractivity contribution in [2.75, 3.05) is 24.6 Å². The average molecular weight is 403 g/mol. The maximum Gasteiger partial charge on any atom is 0.240 e. The number of sulfonamides is 1. The molecule has 1 saturated heterocycles. The van der Waals surface area contributed by atoms with E-state index in [4.69, 9.17) is 4.74 Å². The van der Waals surface area contributed by atoms with Crippen molar-refractivity contribution in [2.45, 2.75) is 32.1 Å². The minimum absolute atomic E-state index is 0.000116. The highest BCUT2D eigenvalue weighted by Crippen LogP contribution is 2.27. The van der Waals surface area contributed by atoms with E-state index in [1.165, 1.54) is 0 Å². The van der Waals surface area contributed by atoms with Crippen LogP contribution in [-0.2, 0) is 14.8 Å². The van der Waals surface area contributed by atoms with E-state index in [1.54, 1.807) is 24.0 Å². The molecule has 1 atom stereocenters. The van der Waals surface area contributed by atoms with Crippen LogP contribution in [0.3, 0.4) is 0 Å². The summed E-state index contributed by atoms with van der Waals surface area (Å²) in [5.41, 5.74) is 2.53. The number of hydrogen-bond acceptors (Lipinski definition) is 4. The molecule has 1 aliphatic rings. The zero-order valence-electron chi connectivity index (χ0n) is 16.4. The van der Waals surface area contributed by atoms with Gasteiger partial charge in [0.15, 0.2) is 0 Å². The van der Waals surface area contributed by atoms with Crippen molar-refractivity contribution in [1.82, 2.24) is 4.72 Å². The van der Waals surface area contributed by atoms with Crippen molar-refractivity contribution in [3.8, 4) is 5.75 Å². The van der Waals surface area contributed by atoms with Crippen LogP contribution in [0.2, 0.25) is 0 Å². The molecular formula is C21H26N2O4S. The van der Waals surface area contributed by atoms with Gasteiger partial charge in [0.25, 0.3) is 0 Å². The second-order valence-electron chi connectivity index (χ2n) is 7.12. The molecule has 28 heavy (non-hydrogen) atoms. The third kappa shape index (κ3) is 4.54. The largest absolute Gasteiger partial charge is 0.494 e. The first-order valence-corrected chi connectivity index (χ1v) is 10.9. The summed E-state index contributed by atoms with van der Waals surface area (Å²) in [6.45, 7) is 6.94. The molecule has 1 fully saturated rings. The maximum atomic E-state index is 12.6. The van der Waals surface area contributed by atoms with Gasteiger partial charge in [-0.25, -0.2) is 13.1 Å². The van der Waals surface area contributed by atoms with Crippen LogP contribution in [0.25, 0.3) is 0 Å². The molecule has 1 amide bonds. The van der Waals surface area contributed by atoms with Crippen LogP contribution in [0, 0.1) is 19.8 Å². The van der Waals surface area contributed by atoms with Crippen molar-refractivity contribution >= 4 is 21.6 Å². The minimum atomic E-state index is -3.60. The molecule has 7 heteroatoms. The smallest absolute Gasteiger partial charge is 0.240 e. The summed E-state index contributed by atoms with van der Waals surface area (Å²) in [5, 5.41) is 0. The SMILES string of the molecule is CCOc1ccc(N2C[C@@H](CNS(=O)(=O)c3ccc(C)cc3C)CC2=O)cc1. The van der Waals surface area contributed by atoms with E-state index in [1.807, 2.05) is 44.2 Å². The number of benzene rings is 2.